The molecule has 0 aliphatic carbocycles. The zero-order valence-corrected chi connectivity index (χ0v) is 17.5. The molecule has 0 saturated carbocycles. The maximum Gasteiger partial charge on any atom is 0.255 e. The summed E-state index contributed by atoms with van der Waals surface area (Å²) in [6.45, 7) is 1.68. The fourth-order valence-corrected chi connectivity index (χ4v) is 4.63. The number of amides is 1. The van der Waals surface area contributed by atoms with E-state index in [4.69, 9.17) is 0 Å². The Bertz CT molecular complexity index is 1140. The average molecular weight is 426 g/mol. The standard InChI is InChI=1S/C21H23N5O3S/c1-25-15-22-20(24-25)17-5-7-19(8-6-17)23-21(27)18-4-2-3-16(13-18)14-26-9-11-30(28,29)12-10-26/h2-8,13,15H,9-12,14H2,1H3,(H,23,27). The molecule has 2 heterocycles. The van der Waals surface area contributed by atoms with Crippen LogP contribution in [0.1, 0.15) is 15.9 Å². The summed E-state index contributed by atoms with van der Waals surface area (Å²) in [6.07, 6.45) is 1.64. The highest BCUT2D eigenvalue weighted by Crippen LogP contribution is 2.19. The Hall–Kier alpha value is -3.04. The van der Waals surface area contributed by atoms with Gasteiger partial charge in [-0.1, -0.05) is 12.1 Å². The van der Waals surface area contributed by atoms with Gasteiger partial charge in [-0.3, -0.25) is 14.4 Å². The summed E-state index contributed by atoms with van der Waals surface area (Å²) in [4.78, 5) is 19.0. The molecule has 9 heteroatoms. The maximum atomic E-state index is 12.7. The van der Waals surface area contributed by atoms with Crippen molar-refractivity contribution in [3.8, 4) is 11.4 Å². The number of nitrogens with zero attached hydrogens (tertiary/aromatic N) is 4. The van der Waals surface area contributed by atoms with Gasteiger partial charge in [-0.05, 0) is 42.0 Å². The molecule has 3 aromatic rings. The Kier molecular flexibility index (Phi) is 5.65. The third kappa shape index (κ3) is 4.92. The van der Waals surface area contributed by atoms with E-state index in [9.17, 15) is 13.2 Å². The minimum Gasteiger partial charge on any atom is -0.322 e. The Morgan fingerprint density at radius 1 is 1.10 bits per heavy atom. The van der Waals surface area contributed by atoms with Crippen LogP contribution in [0.3, 0.4) is 0 Å². The van der Waals surface area contributed by atoms with Crippen molar-refractivity contribution in [1.29, 1.82) is 0 Å². The van der Waals surface area contributed by atoms with Crippen molar-refractivity contribution in [3.63, 3.8) is 0 Å². The minimum atomic E-state index is -2.90. The topological polar surface area (TPSA) is 97.2 Å². The molecule has 1 aliphatic rings. The van der Waals surface area contributed by atoms with Crippen LogP contribution in [-0.4, -0.2) is 58.6 Å². The zero-order valence-electron chi connectivity index (χ0n) is 16.7. The fraction of sp³-hybridized carbons (Fsp3) is 0.286. The number of aromatic nitrogens is 3. The number of hydrogen-bond donors (Lipinski definition) is 1. The van der Waals surface area contributed by atoms with Crippen molar-refractivity contribution in [2.24, 2.45) is 7.05 Å². The quantitative estimate of drug-likeness (QED) is 0.671. The molecule has 0 bridgehead atoms. The molecule has 156 valence electrons. The molecule has 0 atom stereocenters. The number of nitrogens with one attached hydrogen (secondary N) is 1. The number of hydrogen-bond acceptors (Lipinski definition) is 6. The highest BCUT2D eigenvalue weighted by Gasteiger charge is 2.21. The van der Waals surface area contributed by atoms with Gasteiger partial charge in [-0.25, -0.2) is 13.4 Å². The van der Waals surface area contributed by atoms with Crippen LogP contribution >= 0.6 is 0 Å². The normalized spacial score (nSPS) is 16.3. The van der Waals surface area contributed by atoms with Crippen LogP contribution in [0.2, 0.25) is 0 Å². The molecule has 0 unspecified atom stereocenters. The largest absolute Gasteiger partial charge is 0.322 e. The monoisotopic (exact) mass is 425 g/mol. The van der Waals surface area contributed by atoms with E-state index in [2.05, 4.69) is 20.3 Å². The second kappa shape index (κ2) is 8.37. The van der Waals surface area contributed by atoms with Crippen LogP contribution in [0.25, 0.3) is 11.4 Å². The highest BCUT2D eigenvalue weighted by atomic mass is 32.2. The van der Waals surface area contributed by atoms with Gasteiger partial charge in [0.25, 0.3) is 5.91 Å². The molecule has 0 spiro atoms. The van der Waals surface area contributed by atoms with Gasteiger partial charge >= 0.3 is 0 Å². The fourth-order valence-electron chi connectivity index (χ4n) is 3.35. The number of carbonyl (C=O) groups excluding carboxylic acids is 1. The minimum absolute atomic E-state index is 0.192. The lowest BCUT2D eigenvalue weighted by atomic mass is 10.1. The summed E-state index contributed by atoms with van der Waals surface area (Å²) in [7, 11) is -1.09. The molecule has 8 nitrogen and oxygen atoms in total. The third-order valence-electron chi connectivity index (χ3n) is 5.03. The lowest BCUT2D eigenvalue weighted by molar-refractivity contribution is 0.102. The number of aryl methyl sites for hydroxylation is 1. The summed E-state index contributed by atoms with van der Waals surface area (Å²) in [5.41, 5.74) is 3.11. The van der Waals surface area contributed by atoms with E-state index >= 15 is 0 Å². The van der Waals surface area contributed by atoms with Crippen LogP contribution < -0.4 is 5.32 Å². The van der Waals surface area contributed by atoms with E-state index < -0.39 is 9.84 Å². The summed E-state index contributed by atoms with van der Waals surface area (Å²) >= 11 is 0. The second-order valence-electron chi connectivity index (χ2n) is 7.40. The Morgan fingerprint density at radius 3 is 2.50 bits per heavy atom. The van der Waals surface area contributed by atoms with Crippen LogP contribution in [-0.2, 0) is 23.4 Å². The van der Waals surface area contributed by atoms with Crippen LogP contribution in [0.4, 0.5) is 5.69 Å². The van der Waals surface area contributed by atoms with Crippen molar-refractivity contribution in [1.82, 2.24) is 19.7 Å². The Morgan fingerprint density at radius 2 is 1.83 bits per heavy atom. The van der Waals surface area contributed by atoms with Gasteiger partial charge in [-0.2, -0.15) is 5.10 Å². The third-order valence-corrected chi connectivity index (χ3v) is 6.64. The molecule has 2 aromatic carbocycles. The molecule has 1 aromatic heterocycles. The molecule has 1 N–H and O–H groups in total. The van der Waals surface area contributed by atoms with E-state index in [0.29, 0.717) is 36.7 Å². The number of sulfone groups is 1. The van der Waals surface area contributed by atoms with E-state index in [1.165, 1.54) is 0 Å². The predicted molar refractivity (Wildman–Crippen MR) is 115 cm³/mol. The molecule has 1 saturated heterocycles. The first kappa shape index (κ1) is 20.2. The molecule has 1 amide bonds. The van der Waals surface area contributed by atoms with Crippen molar-refractivity contribution < 1.29 is 13.2 Å². The van der Waals surface area contributed by atoms with Crippen LogP contribution in [0.5, 0.6) is 0 Å². The van der Waals surface area contributed by atoms with Crippen LogP contribution in [0, 0.1) is 0 Å². The summed E-state index contributed by atoms with van der Waals surface area (Å²) in [5, 5.41) is 7.17. The molecule has 30 heavy (non-hydrogen) atoms. The molecular formula is C21H23N5O3S. The molecule has 1 aliphatic heterocycles. The van der Waals surface area contributed by atoms with Crippen LogP contribution in [0.15, 0.2) is 54.9 Å². The average Bonchev–Trinajstić information content (AvgIpc) is 3.17. The molecule has 1 fully saturated rings. The summed E-state index contributed by atoms with van der Waals surface area (Å²) in [5.74, 6) is 0.823. The maximum absolute atomic E-state index is 12.7. The summed E-state index contributed by atoms with van der Waals surface area (Å²) < 4.78 is 24.8. The Labute approximate surface area is 175 Å². The second-order valence-corrected chi connectivity index (χ2v) is 9.71. The lowest BCUT2D eigenvalue weighted by Crippen LogP contribution is -2.39. The van der Waals surface area contributed by atoms with Gasteiger partial charge in [0.2, 0.25) is 0 Å². The molecular weight excluding hydrogens is 402 g/mol. The van der Waals surface area contributed by atoms with Gasteiger partial charge in [-0.15, -0.1) is 0 Å². The smallest absolute Gasteiger partial charge is 0.255 e. The van der Waals surface area contributed by atoms with E-state index in [1.54, 1.807) is 17.1 Å². The van der Waals surface area contributed by atoms with Gasteiger partial charge in [0.1, 0.15) is 6.33 Å². The first-order valence-electron chi connectivity index (χ1n) is 9.67. The first-order chi connectivity index (χ1) is 14.4. The van der Waals surface area contributed by atoms with Gasteiger partial charge < -0.3 is 5.32 Å². The van der Waals surface area contributed by atoms with E-state index in [0.717, 1.165) is 11.1 Å². The van der Waals surface area contributed by atoms with Gasteiger partial charge in [0.05, 0.1) is 11.5 Å². The Balaban J connectivity index is 1.39. The number of anilines is 1. The van der Waals surface area contributed by atoms with E-state index in [1.807, 2.05) is 49.5 Å². The highest BCUT2D eigenvalue weighted by molar-refractivity contribution is 7.91. The lowest BCUT2D eigenvalue weighted by Gasteiger charge is -2.26. The first-order valence-corrected chi connectivity index (χ1v) is 11.5. The molecule has 4 rings (SSSR count). The number of rotatable bonds is 5. The van der Waals surface area contributed by atoms with Gasteiger partial charge in [0, 0.05) is 43.5 Å². The van der Waals surface area contributed by atoms with Crippen molar-refractivity contribution >= 4 is 21.4 Å². The number of benzene rings is 2. The zero-order chi connectivity index (χ0) is 21.1. The van der Waals surface area contributed by atoms with Crippen molar-refractivity contribution in [2.75, 3.05) is 29.9 Å². The van der Waals surface area contributed by atoms with Crippen molar-refractivity contribution in [3.05, 3.63) is 66.0 Å². The number of carbonyl (C=O) groups is 1. The predicted octanol–water partition coefficient (Wildman–Crippen LogP) is 1.96. The van der Waals surface area contributed by atoms with Gasteiger partial charge in [0.15, 0.2) is 15.7 Å². The SMILES string of the molecule is Cn1cnc(-c2ccc(NC(=O)c3cccc(CN4CCS(=O)(=O)CC4)c3)cc2)n1. The molecule has 0 radical (unpaired) electrons. The van der Waals surface area contributed by atoms with Crippen molar-refractivity contribution in [2.45, 2.75) is 6.54 Å². The summed E-state index contributed by atoms with van der Waals surface area (Å²) in [6, 6.07) is 14.8. The van der Waals surface area contributed by atoms with E-state index in [-0.39, 0.29) is 17.4 Å².